The molecule has 0 bridgehead atoms. The molecule has 1 atom stereocenters. The van der Waals surface area contributed by atoms with Crippen LogP contribution in [0.2, 0.25) is 0 Å². The van der Waals surface area contributed by atoms with Crippen molar-refractivity contribution >= 4 is 23.4 Å². The van der Waals surface area contributed by atoms with Crippen LogP contribution in [0.15, 0.2) is 63.5 Å². The molecule has 0 saturated carbocycles. The Kier molecular flexibility index (Phi) is 8.36. The minimum Gasteiger partial charge on any atom is -0.493 e. The van der Waals surface area contributed by atoms with Gasteiger partial charge in [0, 0.05) is 5.56 Å². The van der Waals surface area contributed by atoms with Crippen molar-refractivity contribution in [2.45, 2.75) is 46.8 Å². The van der Waals surface area contributed by atoms with Gasteiger partial charge in [-0.2, -0.15) is 0 Å². The number of methoxy groups -OCH3 is 1. The standard InChI is InChI=1S/C29H32N2O6S/c1-7-35-21-12-10-9-11-19(21)16-24-27(32)31-26(20-13-14-22(37-17(3)4)23(15-20)34-6)25(28(33)36-8-2)18(5)30-29(31)38-24/h9-17,26H,7-8H2,1-6H3/b24-16+/t26-/m0/s1. The molecule has 8 nitrogen and oxygen atoms in total. The first-order valence-corrected chi connectivity index (χ1v) is 13.4. The maximum atomic E-state index is 13.9. The molecule has 0 fully saturated rings. The van der Waals surface area contributed by atoms with Crippen LogP contribution in [0.25, 0.3) is 6.08 Å². The molecular formula is C29H32N2O6S. The molecule has 4 rings (SSSR count). The zero-order chi connectivity index (χ0) is 27.4. The molecule has 1 aliphatic heterocycles. The summed E-state index contributed by atoms with van der Waals surface area (Å²) in [5.41, 5.74) is 2.00. The van der Waals surface area contributed by atoms with Crippen LogP contribution in [0, 0.1) is 0 Å². The van der Waals surface area contributed by atoms with E-state index in [1.54, 1.807) is 43.7 Å². The summed E-state index contributed by atoms with van der Waals surface area (Å²) in [6.45, 7) is 9.98. The number of thiazole rings is 1. The van der Waals surface area contributed by atoms with E-state index in [-0.39, 0.29) is 18.3 Å². The van der Waals surface area contributed by atoms with Crippen molar-refractivity contribution in [2.75, 3.05) is 20.3 Å². The predicted molar refractivity (Wildman–Crippen MR) is 147 cm³/mol. The molecule has 1 aliphatic rings. The minimum atomic E-state index is -0.753. The molecule has 0 unspecified atom stereocenters. The Morgan fingerprint density at radius 2 is 1.87 bits per heavy atom. The fourth-order valence-corrected chi connectivity index (χ4v) is 5.38. The van der Waals surface area contributed by atoms with E-state index < -0.39 is 12.0 Å². The average molecular weight is 537 g/mol. The maximum Gasteiger partial charge on any atom is 0.338 e. The van der Waals surface area contributed by atoms with E-state index in [0.29, 0.717) is 50.0 Å². The lowest BCUT2D eigenvalue weighted by atomic mass is 9.95. The fourth-order valence-electron chi connectivity index (χ4n) is 4.34. The first-order valence-electron chi connectivity index (χ1n) is 12.5. The molecule has 3 aromatic rings. The van der Waals surface area contributed by atoms with Crippen LogP contribution in [0.3, 0.4) is 0 Å². The van der Waals surface area contributed by atoms with Crippen LogP contribution in [0.1, 0.15) is 51.8 Å². The third-order valence-corrected chi connectivity index (χ3v) is 6.87. The topological polar surface area (TPSA) is 88.4 Å². The molecule has 2 aromatic carbocycles. The van der Waals surface area contributed by atoms with Gasteiger partial charge in [0.1, 0.15) is 5.75 Å². The van der Waals surface area contributed by atoms with Crippen molar-refractivity contribution < 1.29 is 23.7 Å². The van der Waals surface area contributed by atoms with E-state index in [4.69, 9.17) is 18.9 Å². The Balaban J connectivity index is 1.94. The fraction of sp³-hybridized carbons (Fsp3) is 0.345. The van der Waals surface area contributed by atoms with Crippen LogP contribution >= 0.6 is 11.3 Å². The molecule has 0 aliphatic carbocycles. The highest BCUT2D eigenvalue weighted by Gasteiger charge is 2.34. The Morgan fingerprint density at radius 1 is 1.11 bits per heavy atom. The number of rotatable bonds is 9. The summed E-state index contributed by atoms with van der Waals surface area (Å²) >= 11 is 1.26. The molecule has 0 saturated heterocycles. The first kappa shape index (κ1) is 27.2. The van der Waals surface area contributed by atoms with Gasteiger partial charge in [-0.15, -0.1) is 0 Å². The van der Waals surface area contributed by atoms with Crippen LogP contribution in [0.5, 0.6) is 17.2 Å². The van der Waals surface area contributed by atoms with Crippen molar-refractivity contribution in [3.05, 3.63) is 84.5 Å². The van der Waals surface area contributed by atoms with Gasteiger partial charge in [0.25, 0.3) is 5.56 Å². The smallest absolute Gasteiger partial charge is 0.338 e. The van der Waals surface area contributed by atoms with Crippen LogP contribution < -0.4 is 29.1 Å². The predicted octanol–water partition coefficient (Wildman–Crippen LogP) is 3.99. The Hall–Kier alpha value is -3.85. The van der Waals surface area contributed by atoms with Gasteiger partial charge in [-0.3, -0.25) is 9.36 Å². The van der Waals surface area contributed by atoms with Gasteiger partial charge in [0.2, 0.25) is 0 Å². The number of carbonyl (C=O) groups is 1. The highest BCUT2D eigenvalue weighted by Crippen LogP contribution is 2.36. The average Bonchev–Trinajstić information content (AvgIpc) is 3.18. The van der Waals surface area contributed by atoms with Crippen molar-refractivity contribution in [1.29, 1.82) is 0 Å². The summed E-state index contributed by atoms with van der Waals surface area (Å²) in [6.07, 6.45) is 1.75. The molecule has 9 heteroatoms. The molecule has 0 radical (unpaired) electrons. The number of esters is 1. The van der Waals surface area contributed by atoms with E-state index in [2.05, 4.69) is 4.99 Å². The summed E-state index contributed by atoms with van der Waals surface area (Å²) in [7, 11) is 1.56. The largest absolute Gasteiger partial charge is 0.493 e. The van der Waals surface area contributed by atoms with Crippen molar-refractivity contribution in [3.8, 4) is 17.2 Å². The number of fused-ring (bicyclic) bond motifs is 1. The van der Waals surface area contributed by atoms with Crippen LogP contribution in [-0.2, 0) is 9.53 Å². The summed E-state index contributed by atoms with van der Waals surface area (Å²) < 4.78 is 24.6. The number of hydrogen-bond acceptors (Lipinski definition) is 8. The Labute approximate surface area is 225 Å². The van der Waals surface area contributed by atoms with Crippen molar-refractivity contribution in [2.24, 2.45) is 4.99 Å². The highest BCUT2D eigenvalue weighted by molar-refractivity contribution is 7.07. The summed E-state index contributed by atoms with van der Waals surface area (Å²) in [5, 5.41) is 0. The molecular weight excluding hydrogens is 504 g/mol. The van der Waals surface area contributed by atoms with E-state index in [1.165, 1.54) is 11.3 Å². The summed E-state index contributed by atoms with van der Waals surface area (Å²) in [4.78, 5) is 32.2. The summed E-state index contributed by atoms with van der Waals surface area (Å²) in [5.74, 6) is 1.24. The molecule has 0 spiro atoms. The second kappa shape index (κ2) is 11.7. The third kappa shape index (κ3) is 5.38. The zero-order valence-electron chi connectivity index (χ0n) is 22.4. The SMILES string of the molecule is CCOC(=O)C1=C(C)N=c2s/c(=C/c3ccccc3OCC)c(=O)n2[C@H]1c1ccc(OC(C)C)c(OC)c1. The van der Waals surface area contributed by atoms with Crippen LogP contribution in [0.4, 0.5) is 0 Å². The zero-order valence-corrected chi connectivity index (χ0v) is 23.3. The third-order valence-electron chi connectivity index (χ3n) is 5.89. The van der Waals surface area contributed by atoms with Gasteiger partial charge in [-0.1, -0.05) is 35.6 Å². The monoisotopic (exact) mass is 536 g/mol. The second-order valence-electron chi connectivity index (χ2n) is 8.85. The molecule has 2 heterocycles. The Bertz CT molecular complexity index is 1550. The number of aromatic nitrogens is 1. The quantitative estimate of drug-likeness (QED) is 0.384. The lowest BCUT2D eigenvalue weighted by Crippen LogP contribution is -2.40. The summed E-state index contributed by atoms with van der Waals surface area (Å²) in [6, 6.07) is 12.2. The molecule has 200 valence electrons. The first-order chi connectivity index (χ1) is 18.3. The molecule has 0 N–H and O–H groups in total. The Morgan fingerprint density at radius 3 is 2.55 bits per heavy atom. The number of carbonyl (C=O) groups excluding carboxylic acids is 1. The van der Waals surface area contributed by atoms with E-state index in [0.717, 1.165) is 5.56 Å². The van der Waals surface area contributed by atoms with Crippen LogP contribution in [-0.4, -0.2) is 37.0 Å². The number of benzene rings is 2. The van der Waals surface area contributed by atoms with E-state index in [1.807, 2.05) is 51.1 Å². The second-order valence-corrected chi connectivity index (χ2v) is 9.86. The van der Waals surface area contributed by atoms with E-state index in [9.17, 15) is 9.59 Å². The van der Waals surface area contributed by atoms with Gasteiger partial charge in [0.05, 0.1) is 48.3 Å². The van der Waals surface area contributed by atoms with Gasteiger partial charge in [-0.25, -0.2) is 9.79 Å². The number of ether oxygens (including phenoxy) is 4. The van der Waals surface area contributed by atoms with Gasteiger partial charge in [-0.05, 0) is 64.5 Å². The maximum absolute atomic E-state index is 13.9. The lowest BCUT2D eigenvalue weighted by molar-refractivity contribution is -0.139. The molecule has 38 heavy (non-hydrogen) atoms. The van der Waals surface area contributed by atoms with Crippen molar-refractivity contribution in [1.82, 2.24) is 4.57 Å². The van der Waals surface area contributed by atoms with Gasteiger partial charge >= 0.3 is 5.97 Å². The van der Waals surface area contributed by atoms with Crippen molar-refractivity contribution in [3.63, 3.8) is 0 Å². The molecule has 0 amide bonds. The normalized spacial score (nSPS) is 15.2. The number of para-hydroxylation sites is 1. The number of allylic oxidation sites excluding steroid dienone is 1. The number of nitrogens with zero attached hydrogens (tertiary/aromatic N) is 2. The lowest BCUT2D eigenvalue weighted by Gasteiger charge is -2.25. The van der Waals surface area contributed by atoms with E-state index >= 15 is 0 Å². The van der Waals surface area contributed by atoms with Gasteiger partial charge < -0.3 is 18.9 Å². The van der Waals surface area contributed by atoms with Gasteiger partial charge in [0.15, 0.2) is 16.3 Å². The number of hydrogen-bond donors (Lipinski definition) is 0. The highest BCUT2D eigenvalue weighted by atomic mass is 32.1. The minimum absolute atomic E-state index is 0.0516. The molecule has 1 aromatic heterocycles.